The van der Waals surface area contributed by atoms with E-state index in [1.807, 2.05) is 0 Å². The second-order valence-electron chi connectivity index (χ2n) is 4.33. The van der Waals surface area contributed by atoms with Crippen LogP contribution in [-0.2, 0) is 4.74 Å². The number of hydrogen-bond donors (Lipinski definition) is 2. The number of nitrogens with one attached hydrogen (secondary N) is 1. The molecule has 2 rings (SSSR count). The Morgan fingerprint density at radius 3 is 2.95 bits per heavy atom. The molecule has 0 unspecified atom stereocenters. The molecule has 7 heteroatoms. The first-order chi connectivity index (χ1) is 9.25. The number of aromatic carboxylic acids is 1. The van der Waals surface area contributed by atoms with Crippen molar-refractivity contribution in [2.75, 3.05) is 44.7 Å². The summed E-state index contributed by atoms with van der Waals surface area (Å²) in [6.45, 7) is 5.34. The number of nitrogens with zero attached hydrogens (tertiary/aromatic N) is 3. The van der Waals surface area contributed by atoms with Gasteiger partial charge in [-0.2, -0.15) is 0 Å². The first-order valence-electron chi connectivity index (χ1n) is 6.35. The highest BCUT2D eigenvalue weighted by Gasteiger charge is 2.09. The SMILES string of the molecule is O=C(O)c1cc(NCCCN2CCOCC2)ncn1. The van der Waals surface area contributed by atoms with E-state index in [1.165, 1.54) is 12.4 Å². The lowest BCUT2D eigenvalue weighted by molar-refractivity contribution is 0.0378. The van der Waals surface area contributed by atoms with Gasteiger partial charge >= 0.3 is 5.97 Å². The van der Waals surface area contributed by atoms with Crippen molar-refractivity contribution in [3.63, 3.8) is 0 Å². The van der Waals surface area contributed by atoms with Crippen LogP contribution in [0.15, 0.2) is 12.4 Å². The Kier molecular flexibility index (Phi) is 5.05. The summed E-state index contributed by atoms with van der Waals surface area (Å²) < 4.78 is 5.28. The van der Waals surface area contributed by atoms with Crippen molar-refractivity contribution in [1.82, 2.24) is 14.9 Å². The summed E-state index contributed by atoms with van der Waals surface area (Å²) in [4.78, 5) is 20.8. The van der Waals surface area contributed by atoms with E-state index in [-0.39, 0.29) is 5.69 Å². The topological polar surface area (TPSA) is 87.6 Å². The number of carboxylic acids is 1. The van der Waals surface area contributed by atoms with Gasteiger partial charge in [-0.15, -0.1) is 0 Å². The number of hydrogen-bond acceptors (Lipinski definition) is 6. The molecule has 0 atom stereocenters. The molecule has 0 amide bonds. The summed E-state index contributed by atoms with van der Waals surface area (Å²) >= 11 is 0. The minimum Gasteiger partial charge on any atom is -0.477 e. The maximum Gasteiger partial charge on any atom is 0.354 e. The predicted molar refractivity (Wildman–Crippen MR) is 69.4 cm³/mol. The average Bonchev–Trinajstić information content (AvgIpc) is 2.45. The van der Waals surface area contributed by atoms with Gasteiger partial charge in [-0.3, -0.25) is 4.90 Å². The van der Waals surface area contributed by atoms with Gasteiger partial charge in [-0.25, -0.2) is 14.8 Å². The Morgan fingerprint density at radius 1 is 1.42 bits per heavy atom. The number of carbonyl (C=O) groups is 1. The highest BCUT2D eigenvalue weighted by Crippen LogP contribution is 2.04. The van der Waals surface area contributed by atoms with Crippen LogP contribution in [0, 0.1) is 0 Å². The second-order valence-corrected chi connectivity index (χ2v) is 4.33. The zero-order valence-electron chi connectivity index (χ0n) is 10.7. The third-order valence-electron chi connectivity index (χ3n) is 2.95. The molecule has 0 radical (unpaired) electrons. The molecule has 7 nitrogen and oxygen atoms in total. The Bertz CT molecular complexity index is 421. The third kappa shape index (κ3) is 4.46. The summed E-state index contributed by atoms with van der Waals surface area (Å²) in [6, 6.07) is 1.44. The van der Waals surface area contributed by atoms with Crippen LogP contribution in [0.2, 0.25) is 0 Å². The smallest absolute Gasteiger partial charge is 0.354 e. The van der Waals surface area contributed by atoms with Gasteiger partial charge in [-0.05, 0) is 13.0 Å². The van der Waals surface area contributed by atoms with Crippen LogP contribution in [0.25, 0.3) is 0 Å². The molecule has 0 aromatic carbocycles. The number of ether oxygens (including phenoxy) is 1. The van der Waals surface area contributed by atoms with Crippen LogP contribution in [0.1, 0.15) is 16.9 Å². The van der Waals surface area contributed by atoms with E-state index in [9.17, 15) is 4.79 Å². The fourth-order valence-corrected chi connectivity index (χ4v) is 1.91. The molecule has 2 heterocycles. The number of morpholine rings is 1. The largest absolute Gasteiger partial charge is 0.477 e. The van der Waals surface area contributed by atoms with Gasteiger partial charge in [0, 0.05) is 25.7 Å². The standard InChI is InChI=1S/C12H18N4O3/c17-12(18)10-8-11(15-9-14-10)13-2-1-3-16-4-6-19-7-5-16/h8-9H,1-7H2,(H,17,18)(H,13,14,15). The van der Waals surface area contributed by atoms with Crippen molar-refractivity contribution in [1.29, 1.82) is 0 Å². The van der Waals surface area contributed by atoms with Crippen LogP contribution in [0.4, 0.5) is 5.82 Å². The molecule has 19 heavy (non-hydrogen) atoms. The molecule has 1 aliphatic rings. The molecule has 1 aromatic rings. The number of rotatable bonds is 6. The highest BCUT2D eigenvalue weighted by atomic mass is 16.5. The van der Waals surface area contributed by atoms with E-state index in [2.05, 4.69) is 20.2 Å². The van der Waals surface area contributed by atoms with Crippen LogP contribution < -0.4 is 5.32 Å². The molecule has 0 spiro atoms. The van der Waals surface area contributed by atoms with E-state index in [0.717, 1.165) is 45.8 Å². The lowest BCUT2D eigenvalue weighted by Gasteiger charge is -2.26. The minimum absolute atomic E-state index is 0.00526. The van der Waals surface area contributed by atoms with Gasteiger partial charge in [0.2, 0.25) is 0 Å². The van der Waals surface area contributed by atoms with Gasteiger partial charge in [0.1, 0.15) is 12.1 Å². The van der Waals surface area contributed by atoms with Crippen molar-refractivity contribution >= 4 is 11.8 Å². The molecule has 1 aromatic heterocycles. The molecule has 0 bridgehead atoms. The van der Waals surface area contributed by atoms with Gasteiger partial charge in [0.15, 0.2) is 5.69 Å². The van der Waals surface area contributed by atoms with Crippen molar-refractivity contribution in [2.24, 2.45) is 0 Å². The van der Waals surface area contributed by atoms with Gasteiger partial charge in [-0.1, -0.05) is 0 Å². The Hall–Kier alpha value is -1.73. The molecule has 0 aliphatic carbocycles. The van der Waals surface area contributed by atoms with E-state index < -0.39 is 5.97 Å². The van der Waals surface area contributed by atoms with Crippen molar-refractivity contribution in [2.45, 2.75) is 6.42 Å². The lowest BCUT2D eigenvalue weighted by atomic mass is 10.3. The molecular weight excluding hydrogens is 248 g/mol. The lowest BCUT2D eigenvalue weighted by Crippen LogP contribution is -2.37. The first kappa shape index (κ1) is 13.7. The van der Waals surface area contributed by atoms with E-state index in [1.54, 1.807) is 0 Å². The molecule has 1 saturated heterocycles. The molecule has 0 saturated carbocycles. The van der Waals surface area contributed by atoms with Crippen LogP contribution in [0.3, 0.4) is 0 Å². The Balaban J connectivity index is 1.70. The fourth-order valence-electron chi connectivity index (χ4n) is 1.91. The fraction of sp³-hybridized carbons (Fsp3) is 0.583. The normalized spacial score (nSPS) is 16.2. The maximum atomic E-state index is 10.8. The van der Waals surface area contributed by atoms with Gasteiger partial charge in [0.05, 0.1) is 13.2 Å². The Labute approximate surface area is 111 Å². The van der Waals surface area contributed by atoms with Crippen molar-refractivity contribution in [3.8, 4) is 0 Å². The first-order valence-corrected chi connectivity index (χ1v) is 6.35. The van der Waals surface area contributed by atoms with Crippen molar-refractivity contribution < 1.29 is 14.6 Å². The summed E-state index contributed by atoms with van der Waals surface area (Å²) in [5.74, 6) is -0.492. The minimum atomic E-state index is -1.04. The molecule has 1 fully saturated rings. The summed E-state index contributed by atoms with van der Waals surface area (Å²) in [5.41, 5.74) is 0.00526. The van der Waals surface area contributed by atoms with E-state index in [4.69, 9.17) is 9.84 Å². The summed E-state index contributed by atoms with van der Waals surface area (Å²) in [6.07, 6.45) is 2.24. The summed E-state index contributed by atoms with van der Waals surface area (Å²) in [7, 11) is 0. The predicted octanol–water partition coefficient (Wildman–Crippen LogP) is 0.309. The van der Waals surface area contributed by atoms with Crippen LogP contribution in [0.5, 0.6) is 0 Å². The molecule has 2 N–H and O–H groups in total. The highest BCUT2D eigenvalue weighted by molar-refractivity contribution is 5.85. The molecule has 1 aliphatic heterocycles. The number of carboxylic acid groups (broad SMARTS) is 1. The average molecular weight is 266 g/mol. The zero-order valence-corrected chi connectivity index (χ0v) is 10.7. The third-order valence-corrected chi connectivity index (χ3v) is 2.95. The Morgan fingerprint density at radius 2 is 2.21 bits per heavy atom. The van der Waals surface area contributed by atoms with Crippen LogP contribution >= 0.6 is 0 Å². The van der Waals surface area contributed by atoms with E-state index >= 15 is 0 Å². The molecule has 104 valence electrons. The monoisotopic (exact) mass is 266 g/mol. The van der Waals surface area contributed by atoms with E-state index in [0.29, 0.717) is 5.82 Å². The second kappa shape index (κ2) is 7.01. The summed E-state index contributed by atoms with van der Waals surface area (Å²) in [5, 5.41) is 11.9. The zero-order chi connectivity index (χ0) is 13.5. The van der Waals surface area contributed by atoms with Crippen LogP contribution in [-0.4, -0.2) is 65.3 Å². The van der Waals surface area contributed by atoms with Gasteiger partial charge < -0.3 is 15.2 Å². The number of anilines is 1. The number of aromatic nitrogens is 2. The maximum absolute atomic E-state index is 10.8. The quantitative estimate of drug-likeness (QED) is 0.716. The molecular formula is C12H18N4O3. The van der Waals surface area contributed by atoms with Crippen molar-refractivity contribution in [3.05, 3.63) is 18.1 Å². The van der Waals surface area contributed by atoms with Gasteiger partial charge in [0.25, 0.3) is 0 Å².